The van der Waals surface area contributed by atoms with Crippen LogP contribution in [0.15, 0.2) is 36.9 Å². The highest BCUT2D eigenvalue weighted by atomic mass is 16.1. The molecule has 1 saturated heterocycles. The Balaban J connectivity index is 1.47. The van der Waals surface area contributed by atoms with Gasteiger partial charge in [0.1, 0.15) is 12.7 Å². The predicted octanol–water partition coefficient (Wildman–Crippen LogP) is 2.18. The summed E-state index contributed by atoms with van der Waals surface area (Å²) in [7, 11) is 0. The van der Waals surface area contributed by atoms with E-state index in [1.54, 1.807) is 11.0 Å². The number of carbonyl (C=O) groups excluding carboxylic acids is 1. The Bertz CT molecular complexity index is 660. The zero-order chi connectivity index (χ0) is 17.6. The number of nitrogens with zero attached hydrogens (tertiary/aromatic N) is 4. The van der Waals surface area contributed by atoms with Crippen LogP contribution in [0.5, 0.6) is 0 Å². The van der Waals surface area contributed by atoms with E-state index in [4.69, 9.17) is 0 Å². The monoisotopic (exact) mass is 341 g/mol. The van der Waals surface area contributed by atoms with Crippen LogP contribution in [0.1, 0.15) is 42.6 Å². The van der Waals surface area contributed by atoms with Gasteiger partial charge in [0.2, 0.25) is 0 Å². The normalized spacial score (nSPS) is 17.4. The van der Waals surface area contributed by atoms with E-state index in [1.807, 2.05) is 24.3 Å². The van der Waals surface area contributed by atoms with Gasteiger partial charge in [0, 0.05) is 18.2 Å². The van der Waals surface area contributed by atoms with Crippen molar-refractivity contribution in [2.75, 3.05) is 19.6 Å². The highest BCUT2D eigenvalue weighted by molar-refractivity contribution is 5.94. The molecule has 2 aromatic rings. The van der Waals surface area contributed by atoms with Gasteiger partial charge in [-0.25, -0.2) is 9.67 Å². The molecule has 1 atom stereocenters. The number of aromatic nitrogens is 3. The molecule has 0 radical (unpaired) electrons. The maximum atomic E-state index is 12.4. The minimum atomic E-state index is -0.00969. The van der Waals surface area contributed by atoms with E-state index in [2.05, 4.69) is 34.1 Å². The van der Waals surface area contributed by atoms with Crippen LogP contribution in [-0.2, 0) is 6.54 Å². The van der Waals surface area contributed by atoms with E-state index in [9.17, 15) is 4.79 Å². The summed E-state index contributed by atoms with van der Waals surface area (Å²) in [5.74, 6) is 0.818. The van der Waals surface area contributed by atoms with Gasteiger partial charge < -0.3 is 5.32 Å². The molecule has 2 heterocycles. The molecule has 3 rings (SSSR count). The zero-order valence-electron chi connectivity index (χ0n) is 15.1. The van der Waals surface area contributed by atoms with Gasteiger partial charge in [-0.3, -0.25) is 9.69 Å². The molecule has 1 N–H and O–H groups in total. The van der Waals surface area contributed by atoms with Gasteiger partial charge in [-0.15, -0.1) is 0 Å². The summed E-state index contributed by atoms with van der Waals surface area (Å²) < 4.78 is 1.76. The van der Waals surface area contributed by atoms with Gasteiger partial charge >= 0.3 is 0 Å². The molecule has 1 amide bonds. The zero-order valence-corrected chi connectivity index (χ0v) is 15.1. The van der Waals surface area contributed by atoms with E-state index < -0.39 is 0 Å². The van der Waals surface area contributed by atoms with Gasteiger partial charge in [0.05, 0.1) is 6.54 Å². The summed E-state index contributed by atoms with van der Waals surface area (Å²) in [6.45, 7) is 8.12. The Hall–Kier alpha value is -2.21. The summed E-state index contributed by atoms with van der Waals surface area (Å²) in [5.41, 5.74) is 1.79. The number of likely N-dealkylation sites (tertiary alicyclic amines) is 1. The van der Waals surface area contributed by atoms with Gasteiger partial charge in [-0.05, 0) is 56.5 Å². The molecule has 134 valence electrons. The third-order valence-electron chi connectivity index (χ3n) is 5.03. The molecule has 1 aromatic carbocycles. The number of amides is 1. The molecule has 0 saturated carbocycles. The number of nitrogens with one attached hydrogen (secondary N) is 1. The number of carbonyl (C=O) groups is 1. The quantitative estimate of drug-likeness (QED) is 0.875. The Morgan fingerprint density at radius 2 is 2.00 bits per heavy atom. The highest BCUT2D eigenvalue weighted by Gasteiger charge is 2.20. The lowest BCUT2D eigenvalue weighted by molar-refractivity contribution is 0.0921. The first-order valence-electron chi connectivity index (χ1n) is 9.05. The van der Waals surface area contributed by atoms with Crippen molar-refractivity contribution in [1.29, 1.82) is 0 Å². The summed E-state index contributed by atoms with van der Waals surface area (Å²) in [5, 5.41) is 7.15. The fourth-order valence-corrected chi connectivity index (χ4v) is 3.20. The third-order valence-corrected chi connectivity index (χ3v) is 5.03. The van der Waals surface area contributed by atoms with Crippen molar-refractivity contribution in [3.05, 3.63) is 48.0 Å². The first kappa shape index (κ1) is 17.6. The Morgan fingerprint density at radius 3 is 2.64 bits per heavy atom. The molecule has 1 unspecified atom stereocenters. The lowest BCUT2D eigenvalue weighted by Crippen LogP contribution is -2.45. The summed E-state index contributed by atoms with van der Waals surface area (Å²) in [6, 6.07) is 8.05. The average Bonchev–Trinajstić information content (AvgIpc) is 3.13. The van der Waals surface area contributed by atoms with E-state index in [0.717, 1.165) is 24.6 Å². The largest absolute Gasteiger partial charge is 0.350 e. The molecule has 0 aliphatic carbocycles. The Morgan fingerprint density at radius 1 is 1.28 bits per heavy atom. The lowest BCUT2D eigenvalue weighted by Gasteiger charge is -2.35. The van der Waals surface area contributed by atoms with Crippen molar-refractivity contribution in [3.63, 3.8) is 0 Å². The molecule has 1 aliphatic heterocycles. The van der Waals surface area contributed by atoms with Crippen LogP contribution in [0.2, 0.25) is 0 Å². The van der Waals surface area contributed by atoms with Crippen LogP contribution in [-0.4, -0.2) is 51.2 Å². The molecule has 1 aliphatic rings. The second-order valence-corrected chi connectivity index (χ2v) is 7.07. The van der Waals surface area contributed by atoms with E-state index in [1.165, 1.54) is 19.2 Å². The van der Waals surface area contributed by atoms with Crippen molar-refractivity contribution in [2.45, 2.75) is 39.3 Å². The van der Waals surface area contributed by atoms with Gasteiger partial charge in [-0.1, -0.05) is 19.1 Å². The standard InChI is InChI=1S/C19H27N5O/c1-15-7-9-23(10-8-15)16(2)11-21-19(25)18-5-3-17(4-6-18)12-24-14-20-13-22-24/h3-6,13-16H,7-12H2,1-2H3,(H,21,25). The van der Waals surface area contributed by atoms with Crippen molar-refractivity contribution >= 4 is 5.91 Å². The van der Waals surface area contributed by atoms with Gasteiger partial charge in [0.15, 0.2) is 0 Å². The van der Waals surface area contributed by atoms with Crippen molar-refractivity contribution in [1.82, 2.24) is 25.0 Å². The predicted molar refractivity (Wildman–Crippen MR) is 97.3 cm³/mol. The van der Waals surface area contributed by atoms with E-state index >= 15 is 0 Å². The first-order valence-corrected chi connectivity index (χ1v) is 9.05. The van der Waals surface area contributed by atoms with Crippen LogP contribution >= 0.6 is 0 Å². The minimum Gasteiger partial charge on any atom is -0.350 e. The highest BCUT2D eigenvalue weighted by Crippen LogP contribution is 2.17. The Kier molecular flexibility index (Phi) is 5.81. The number of benzene rings is 1. The maximum absolute atomic E-state index is 12.4. The van der Waals surface area contributed by atoms with E-state index in [0.29, 0.717) is 24.7 Å². The van der Waals surface area contributed by atoms with Crippen LogP contribution < -0.4 is 5.32 Å². The minimum absolute atomic E-state index is 0.00969. The summed E-state index contributed by atoms with van der Waals surface area (Å²) in [4.78, 5) is 18.8. The van der Waals surface area contributed by atoms with Crippen molar-refractivity contribution < 1.29 is 4.79 Å². The van der Waals surface area contributed by atoms with Crippen LogP contribution in [0.3, 0.4) is 0 Å². The molecule has 0 spiro atoms. The molecule has 0 bridgehead atoms. The van der Waals surface area contributed by atoms with E-state index in [-0.39, 0.29) is 5.91 Å². The second-order valence-electron chi connectivity index (χ2n) is 7.07. The first-order chi connectivity index (χ1) is 12.1. The number of rotatable bonds is 6. The number of hydrogen-bond acceptors (Lipinski definition) is 4. The van der Waals surface area contributed by atoms with Crippen molar-refractivity contribution in [3.8, 4) is 0 Å². The lowest BCUT2D eigenvalue weighted by atomic mass is 9.98. The summed E-state index contributed by atoms with van der Waals surface area (Å²) >= 11 is 0. The SMILES string of the molecule is CC1CCN(C(C)CNC(=O)c2ccc(Cn3cncn3)cc2)CC1. The van der Waals surface area contributed by atoms with Crippen LogP contribution in [0.25, 0.3) is 0 Å². The van der Waals surface area contributed by atoms with Crippen LogP contribution in [0.4, 0.5) is 0 Å². The van der Waals surface area contributed by atoms with Crippen molar-refractivity contribution in [2.24, 2.45) is 5.92 Å². The van der Waals surface area contributed by atoms with Gasteiger partial charge in [-0.2, -0.15) is 5.10 Å². The topological polar surface area (TPSA) is 63.1 Å². The molecule has 25 heavy (non-hydrogen) atoms. The van der Waals surface area contributed by atoms with Crippen LogP contribution in [0, 0.1) is 5.92 Å². The second kappa shape index (κ2) is 8.25. The maximum Gasteiger partial charge on any atom is 0.251 e. The average molecular weight is 341 g/mol. The molecule has 6 heteroatoms. The number of hydrogen-bond donors (Lipinski definition) is 1. The van der Waals surface area contributed by atoms with Gasteiger partial charge in [0.25, 0.3) is 5.91 Å². The molecule has 6 nitrogen and oxygen atoms in total. The smallest absolute Gasteiger partial charge is 0.251 e. The summed E-state index contributed by atoms with van der Waals surface area (Å²) in [6.07, 6.45) is 5.71. The third kappa shape index (κ3) is 4.89. The molecular weight excluding hydrogens is 314 g/mol. The Labute approximate surface area is 149 Å². The number of piperidine rings is 1. The molecular formula is C19H27N5O. The molecule has 1 aromatic heterocycles. The fourth-order valence-electron chi connectivity index (χ4n) is 3.20. The molecule has 1 fully saturated rings. The fraction of sp³-hybridized carbons (Fsp3) is 0.526.